The van der Waals surface area contributed by atoms with E-state index >= 15 is 0 Å². The number of nitrogens with one attached hydrogen (secondary N) is 3. The van der Waals surface area contributed by atoms with Crippen LogP contribution in [0.5, 0.6) is 11.8 Å². The molecule has 5 rings (SSSR count). The van der Waals surface area contributed by atoms with Crippen molar-refractivity contribution in [3.05, 3.63) is 97.8 Å². The highest BCUT2D eigenvalue weighted by atomic mass is 16.5. The monoisotopic (exact) mass is 372 g/mol. The van der Waals surface area contributed by atoms with Crippen LogP contribution in [-0.2, 0) is 0 Å². The summed E-state index contributed by atoms with van der Waals surface area (Å²) in [4.78, 5) is 29.2. The molecule has 0 saturated carbocycles. The van der Waals surface area contributed by atoms with E-state index in [0.717, 1.165) is 27.9 Å². The van der Waals surface area contributed by atoms with E-state index < -0.39 is 17.2 Å². The lowest BCUT2D eigenvalue weighted by atomic mass is 9.84. The molecule has 2 aromatic heterocycles. The molecule has 3 heterocycles. The molecule has 1 unspecified atom stereocenters. The fourth-order valence-corrected chi connectivity index (χ4v) is 3.72. The molecule has 1 aliphatic heterocycles. The number of aromatic nitrogens is 4. The molecule has 2 aromatic carbocycles. The highest BCUT2D eigenvalue weighted by molar-refractivity contribution is 5.64. The van der Waals surface area contributed by atoms with Crippen molar-refractivity contribution in [2.75, 3.05) is 0 Å². The highest BCUT2D eigenvalue weighted by Crippen LogP contribution is 2.45. The molecule has 0 fully saturated rings. The van der Waals surface area contributed by atoms with Crippen molar-refractivity contribution in [1.29, 1.82) is 0 Å². The fourth-order valence-electron chi connectivity index (χ4n) is 3.72. The van der Waals surface area contributed by atoms with Crippen LogP contribution in [0.25, 0.3) is 11.1 Å². The number of hydrogen-bond acceptors (Lipinski definition) is 4. The summed E-state index contributed by atoms with van der Waals surface area (Å²) in [5.74, 6) is 0.0937. The van der Waals surface area contributed by atoms with E-state index in [1.807, 2.05) is 61.5 Å². The Morgan fingerprint density at radius 1 is 0.893 bits per heavy atom. The number of aryl methyl sites for hydroxylation is 1. The Morgan fingerprint density at radius 2 is 1.61 bits per heavy atom. The van der Waals surface area contributed by atoms with Crippen molar-refractivity contribution in [2.24, 2.45) is 0 Å². The summed E-state index contributed by atoms with van der Waals surface area (Å²) in [5.41, 5.74) is 3.98. The van der Waals surface area contributed by atoms with Gasteiger partial charge in [0.15, 0.2) is 0 Å². The normalized spacial score (nSPS) is 14.8. The molecule has 138 valence electrons. The summed E-state index contributed by atoms with van der Waals surface area (Å²) >= 11 is 0. The zero-order valence-corrected chi connectivity index (χ0v) is 14.9. The number of aromatic amines is 3. The maximum atomic E-state index is 12.6. The van der Waals surface area contributed by atoms with Gasteiger partial charge in [-0.15, -0.1) is 5.10 Å². The number of H-pyrrole nitrogens is 3. The third kappa shape index (κ3) is 2.48. The number of rotatable bonds is 2. The number of benzene rings is 2. The third-order valence-corrected chi connectivity index (χ3v) is 5.03. The number of nitrogens with zero attached hydrogens (tertiary/aromatic N) is 1. The second kappa shape index (κ2) is 6.09. The molecular formula is C21H16N4O3. The average Bonchev–Trinajstić information content (AvgIpc) is 3.07. The van der Waals surface area contributed by atoms with Crippen molar-refractivity contribution < 1.29 is 4.74 Å². The van der Waals surface area contributed by atoms with E-state index in [0.29, 0.717) is 11.4 Å². The summed E-state index contributed by atoms with van der Waals surface area (Å²) in [6.45, 7) is 1.88. The van der Waals surface area contributed by atoms with Gasteiger partial charge in [0.25, 0.3) is 5.56 Å². The number of ether oxygens (including phenoxy) is 1. The standard InChI is InChI=1S/C21H16N4O3/c1-11-15-16(14-9-7-13(8-10-14)12-5-3-2-4-6-12)17-18(26)22-21(27)23-19(17)28-20(15)25-24-11/h2-10,16H,1H3,(H,24,25)(H2,22,23,26,27). The molecule has 1 aliphatic rings. The maximum absolute atomic E-state index is 12.6. The van der Waals surface area contributed by atoms with Crippen molar-refractivity contribution in [1.82, 2.24) is 20.2 Å². The molecule has 7 nitrogen and oxygen atoms in total. The minimum Gasteiger partial charge on any atom is -0.420 e. The van der Waals surface area contributed by atoms with Crippen molar-refractivity contribution in [3.8, 4) is 22.9 Å². The quantitative estimate of drug-likeness (QED) is 0.443. The van der Waals surface area contributed by atoms with Crippen molar-refractivity contribution >= 4 is 0 Å². The average molecular weight is 372 g/mol. The van der Waals surface area contributed by atoms with Crippen LogP contribution in [0.15, 0.2) is 64.2 Å². The zero-order chi connectivity index (χ0) is 19.3. The topological polar surface area (TPSA) is 104 Å². The van der Waals surface area contributed by atoms with Crippen LogP contribution in [0.4, 0.5) is 0 Å². The van der Waals surface area contributed by atoms with Gasteiger partial charge in [0.1, 0.15) is 0 Å². The van der Waals surface area contributed by atoms with E-state index in [9.17, 15) is 9.59 Å². The molecular weight excluding hydrogens is 356 g/mol. The van der Waals surface area contributed by atoms with Gasteiger partial charge in [-0.2, -0.15) is 0 Å². The van der Waals surface area contributed by atoms with Crippen molar-refractivity contribution in [3.63, 3.8) is 0 Å². The van der Waals surface area contributed by atoms with Crippen LogP contribution in [0.3, 0.4) is 0 Å². The first kappa shape index (κ1) is 16.3. The number of hydrogen-bond donors (Lipinski definition) is 3. The molecule has 28 heavy (non-hydrogen) atoms. The minimum absolute atomic E-state index is 0.130. The molecule has 1 atom stereocenters. The van der Waals surface area contributed by atoms with E-state index in [1.54, 1.807) is 0 Å². The van der Waals surface area contributed by atoms with Crippen LogP contribution in [0, 0.1) is 6.92 Å². The molecule has 0 amide bonds. The molecule has 0 saturated heterocycles. The fraction of sp³-hybridized carbons (Fsp3) is 0.0952. The highest BCUT2D eigenvalue weighted by Gasteiger charge is 2.35. The van der Waals surface area contributed by atoms with E-state index in [-0.39, 0.29) is 5.88 Å². The van der Waals surface area contributed by atoms with E-state index in [1.165, 1.54) is 0 Å². The van der Waals surface area contributed by atoms with Gasteiger partial charge in [0.2, 0.25) is 11.8 Å². The first-order chi connectivity index (χ1) is 13.6. The van der Waals surface area contributed by atoms with Gasteiger partial charge in [-0.3, -0.25) is 19.9 Å². The molecule has 4 aromatic rings. The Balaban J connectivity index is 1.69. The predicted octanol–water partition coefficient (Wildman–Crippen LogP) is 3.05. The molecule has 0 bridgehead atoms. The Bertz CT molecular complexity index is 1280. The van der Waals surface area contributed by atoms with Gasteiger partial charge >= 0.3 is 5.69 Å². The largest absolute Gasteiger partial charge is 0.420 e. The summed E-state index contributed by atoms with van der Waals surface area (Å²) in [6.07, 6.45) is 0. The third-order valence-electron chi connectivity index (χ3n) is 5.03. The van der Waals surface area contributed by atoms with Gasteiger partial charge < -0.3 is 4.74 Å². The van der Waals surface area contributed by atoms with Crippen molar-refractivity contribution in [2.45, 2.75) is 12.8 Å². The second-order valence-electron chi connectivity index (χ2n) is 6.74. The maximum Gasteiger partial charge on any atom is 0.328 e. The zero-order valence-electron chi connectivity index (χ0n) is 14.9. The molecule has 0 spiro atoms. The minimum atomic E-state index is -0.613. The van der Waals surface area contributed by atoms with Crippen LogP contribution >= 0.6 is 0 Å². The van der Waals surface area contributed by atoms with Gasteiger partial charge in [0, 0.05) is 11.3 Å². The van der Waals surface area contributed by atoms with Crippen LogP contribution in [0.1, 0.15) is 28.3 Å². The van der Waals surface area contributed by atoms with Gasteiger partial charge in [0.05, 0.1) is 11.5 Å². The lowest BCUT2D eigenvalue weighted by Gasteiger charge is -2.24. The first-order valence-electron chi connectivity index (χ1n) is 8.86. The van der Waals surface area contributed by atoms with Gasteiger partial charge in [-0.05, 0) is 23.6 Å². The molecule has 7 heteroatoms. The van der Waals surface area contributed by atoms with Crippen LogP contribution in [0.2, 0.25) is 0 Å². The van der Waals surface area contributed by atoms with Gasteiger partial charge in [-0.25, -0.2) is 4.79 Å². The molecule has 0 aliphatic carbocycles. The SMILES string of the molecule is Cc1[nH]nc2c1C(c1ccc(-c3ccccc3)cc1)c1c([nH]c(=O)[nH]c1=O)O2. The summed E-state index contributed by atoms with van der Waals surface area (Å²) < 4.78 is 5.69. The molecule has 0 radical (unpaired) electrons. The summed E-state index contributed by atoms with van der Waals surface area (Å²) in [5, 5.41) is 7.08. The molecule has 3 N–H and O–H groups in total. The predicted molar refractivity (Wildman–Crippen MR) is 104 cm³/mol. The lowest BCUT2D eigenvalue weighted by molar-refractivity contribution is 0.412. The van der Waals surface area contributed by atoms with E-state index in [2.05, 4.69) is 20.2 Å². The Labute approximate surface area is 159 Å². The van der Waals surface area contributed by atoms with Crippen LogP contribution < -0.4 is 16.0 Å². The smallest absolute Gasteiger partial charge is 0.328 e. The Kier molecular flexibility index (Phi) is 3.55. The Morgan fingerprint density at radius 3 is 2.36 bits per heavy atom. The van der Waals surface area contributed by atoms with Gasteiger partial charge in [-0.1, -0.05) is 54.6 Å². The summed E-state index contributed by atoms with van der Waals surface area (Å²) in [6, 6.07) is 18.1. The Hall–Kier alpha value is -3.87. The van der Waals surface area contributed by atoms with E-state index in [4.69, 9.17) is 4.74 Å². The number of fused-ring (bicyclic) bond motifs is 2. The second-order valence-corrected chi connectivity index (χ2v) is 6.74. The lowest BCUT2D eigenvalue weighted by Crippen LogP contribution is -2.30. The van der Waals surface area contributed by atoms with Crippen LogP contribution in [-0.4, -0.2) is 20.2 Å². The summed E-state index contributed by atoms with van der Waals surface area (Å²) in [7, 11) is 0. The first-order valence-corrected chi connectivity index (χ1v) is 8.86.